The Kier molecular flexibility index (Phi) is 3.82. The highest BCUT2D eigenvalue weighted by molar-refractivity contribution is 6.30. The molecule has 0 spiro atoms. The SMILES string of the molecule is CCCNCC1CC1c1ccc(Cl)cc1F. The van der Waals surface area contributed by atoms with Crippen molar-refractivity contribution in [1.82, 2.24) is 5.32 Å². The van der Waals surface area contributed by atoms with Crippen LogP contribution in [-0.2, 0) is 0 Å². The molecule has 0 aliphatic heterocycles. The smallest absolute Gasteiger partial charge is 0.128 e. The average Bonchev–Trinajstić information content (AvgIpc) is 2.98. The molecule has 0 bridgehead atoms. The lowest BCUT2D eigenvalue weighted by Gasteiger charge is -2.04. The van der Waals surface area contributed by atoms with Crippen molar-refractivity contribution in [2.75, 3.05) is 13.1 Å². The lowest BCUT2D eigenvalue weighted by Crippen LogP contribution is -2.17. The van der Waals surface area contributed by atoms with E-state index in [2.05, 4.69) is 12.2 Å². The van der Waals surface area contributed by atoms with Crippen molar-refractivity contribution in [2.24, 2.45) is 5.92 Å². The Morgan fingerprint density at radius 1 is 1.50 bits per heavy atom. The van der Waals surface area contributed by atoms with Gasteiger partial charge in [0, 0.05) is 5.02 Å². The van der Waals surface area contributed by atoms with Crippen molar-refractivity contribution in [2.45, 2.75) is 25.7 Å². The zero-order chi connectivity index (χ0) is 11.5. The van der Waals surface area contributed by atoms with Crippen LogP contribution in [0.3, 0.4) is 0 Å². The van der Waals surface area contributed by atoms with Gasteiger partial charge in [0.15, 0.2) is 0 Å². The van der Waals surface area contributed by atoms with Crippen LogP contribution in [0, 0.1) is 11.7 Å². The van der Waals surface area contributed by atoms with Gasteiger partial charge in [-0.25, -0.2) is 4.39 Å². The number of hydrogen-bond donors (Lipinski definition) is 1. The minimum atomic E-state index is -0.157. The molecule has 16 heavy (non-hydrogen) atoms. The summed E-state index contributed by atoms with van der Waals surface area (Å²) in [5.41, 5.74) is 0.827. The Morgan fingerprint density at radius 3 is 3.00 bits per heavy atom. The van der Waals surface area contributed by atoms with Crippen LogP contribution >= 0.6 is 11.6 Å². The molecule has 2 unspecified atom stereocenters. The maximum absolute atomic E-state index is 13.6. The summed E-state index contributed by atoms with van der Waals surface area (Å²) in [4.78, 5) is 0. The standard InChI is InChI=1S/C13H17ClFN/c1-2-5-16-8-9-6-12(9)11-4-3-10(14)7-13(11)15/h3-4,7,9,12,16H,2,5-6,8H2,1H3. The Morgan fingerprint density at radius 2 is 2.31 bits per heavy atom. The lowest BCUT2D eigenvalue weighted by molar-refractivity contribution is 0.591. The summed E-state index contributed by atoms with van der Waals surface area (Å²) in [7, 11) is 0. The van der Waals surface area contributed by atoms with Gasteiger partial charge in [-0.05, 0) is 55.5 Å². The van der Waals surface area contributed by atoms with Gasteiger partial charge in [0.2, 0.25) is 0 Å². The number of benzene rings is 1. The summed E-state index contributed by atoms with van der Waals surface area (Å²) in [5.74, 6) is 0.833. The summed E-state index contributed by atoms with van der Waals surface area (Å²) in [6.07, 6.45) is 2.24. The maximum atomic E-state index is 13.6. The number of rotatable bonds is 5. The Labute approximate surface area is 101 Å². The van der Waals surface area contributed by atoms with Crippen molar-refractivity contribution in [3.8, 4) is 0 Å². The second kappa shape index (κ2) is 5.15. The van der Waals surface area contributed by atoms with Crippen LogP contribution in [0.4, 0.5) is 4.39 Å². The molecule has 88 valence electrons. The van der Waals surface area contributed by atoms with E-state index in [0.717, 1.165) is 31.5 Å². The van der Waals surface area contributed by atoms with Crippen LogP contribution in [0.5, 0.6) is 0 Å². The van der Waals surface area contributed by atoms with Crippen LogP contribution < -0.4 is 5.32 Å². The van der Waals surface area contributed by atoms with Crippen LogP contribution in [0.2, 0.25) is 5.02 Å². The van der Waals surface area contributed by atoms with Crippen LogP contribution in [0.15, 0.2) is 18.2 Å². The van der Waals surface area contributed by atoms with Crippen LogP contribution in [0.25, 0.3) is 0 Å². The minimum absolute atomic E-state index is 0.157. The van der Waals surface area contributed by atoms with Gasteiger partial charge in [0.25, 0.3) is 0 Å². The summed E-state index contributed by atoms with van der Waals surface area (Å²) < 4.78 is 13.6. The summed E-state index contributed by atoms with van der Waals surface area (Å²) >= 11 is 5.73. The second-order valence-corrected chi connectivity index (χ2v) is 4.91. The fourth-order valence-corrected chi connectivity index (χ4v) is 2.28. The highest BCUT2D eigenvalue weighted by Gasteiger charge is 2.39. The van der Waals surface area contributed by atoms with E-state index in [1.165, 1.54) is 6.07 Å². The molecule has 0 aromatic heterocycles. The Hall–Kier alpha value is -0.600. The first-order chi connectivity index (χ1) is 7.72. The average molecular weight is 242 g/mol. The van der Waals surface area contributed by atoms with E-state index in [4.69, 9.17) is 11.6 Å². The summed E-state index contributed by atoms with van der Waals surface area (Å²) in [6, 6.07) is 5.00. The topological polar surface area (TPSA) is 12.0 Å². The molecule has 2 atom stereocenters. The zero-order valence-electron chi connectivity index (χ0n) is 9.47. The molecule has 1 nitrogen and oxygen atoms in total. The molecule has 0 amide bonds. The van der Waals surface area contributed by atoms with E-state index in [0.29, 0.717) is 16.9 Å². The monoisotopic (exact) mass is 241 g/mol. The third-order valence-electron chi connectivity index (χ3n) is 3.12. The molecule has 3 heteroatoms. The fraction of sp³-hybridized carbons (Fsp3) is 0.538. The van der Waals surface area contributed by atoms with Gasteiger partial charge in [-0.1, -0.05) is 24.6 Å². The van der Waals surface area contributed by atoms with Crippen molar-refractivity contribution in [3.05, 3.63) is 34.6 Å². The van der Waals surface area contributed by atoms with E-state index >= 15 is 0 Å². The Balaban J connectivity index is 1.90. The van der Waals surface area contributed by atoms with E-state index in [-0.39, 0.29) is 5.82 Å². The van der Waals surface area contributed by atoms with Crippen molar-refractivity contribution < 1.29 is 4.39 Å². The largest absolute Gasteiger partial charge is 0.316 e. The molecule has 1 aromatic carbocycles. The lowest BCUT2D eigenvalue weighted by atomic mass is 10.1. The molecule has 1 aliphatic carbocycles. The maximum Gasteiger partial charge on any atom is 0.128 e. The molecular weight excluding hydrogens is 225 g/mol. The third-order valence-corrected chi connectivity index (χ3v) is 3.35. The van der Waals surface area contributed by atoms with Gasteiger partial charge in [0.05, 0.1) is 0 Å². The minimum Gasteiger partial charge on any atom is -0.316 e. The molecule has 1 aliphatic rings. The first-order valence-corrected chi connectivity index (χ1v) is 6.25. The molecule has 1 N–H and O–H groups in total. The summed E-state index contributed by atoms with van der Waals surface area (Å²) in [5, 5.41) is 3.85. The molecular formula is C13H17ClFN. The van der Waals surface area contributed by atoms with Crippen molar-refractivity contribution in [1.29, 1.82) is 0 Å². The fourth-order valence-electron chi connectivity index (χ4n) is 2.12. The number of halogens is 2. The number of nitrogens with one attached hydrogen (secondary N) is 1. The molecule has 1 saturated carbocycles. The van der Waals surface area contributed by atoms with Crippen LogP contribution in [0.1, 0.15) is 31.2 Å². The third kappa shape index (κ3) is 2.74. The van der Waals surface area contributed by atoms with Gasteiger partial charge >= 0.3 is 0 Å². The Bertz CT molecular complexity index is 367. The zero-order valence-corrected chi connectivity index (χ0v) is 10.2. The molecule has 2 rings (SSSR count). The second-order valence-electron chi connectivity index (χ2n) is 4.47. The van der Waals surface area contributed by atoms with Crippen molar-refractivity contribution in [3.63, 3.8) is 0 Å². The molecule has 0 radical (unpaired) electrons. The van der Waals surface area contributed by atoms with Gasteiger partial charge in [0.1, 0.15) is 5.82 Å². The van der Waals surface area contributed by atoms with Gasteiger partial charge in [-0.15, -0.1) is 0 Å². The highest BCUT2D eigenvalue weighted by Crippen LogP contribution is 2.48. The normalized spacial score (nSPS) is 23.4. The van der Waals surface area contributed by atoms with Crippen molar-refractivity contribution >= 4 is 11.6 Å². The van der Waals surface area contributed by atoms with E-state index in [9.17, 15) is 4.39 Å². The first kappa shape index (κ1) is 11.9. The predicted molar refractivity (Wildman–Crippen MR) is 65.4 cm³/mol. The van der Waals surface area contributed by atoms with Gasteiger partial charge < -0.3 is 5.32 Å². The van der Waals surface area contributed by atoms with Gasteiger partial charge in [-0.2, -0.15) is 0 Å². The molecule has 1 fully saturated rings. The quantitative estimate of drug-likeness (QED) is 0.777. The molecule has 0 heterocycles. The first-order valence-electron chi connectivity index (χ1n) is 5.88. The van der Waals surface area contributed by atoms with Crippen LogP contribution in [-0.4, -0.2) is 13.1 Å². The predicted octanol–water partition coefficient (Wildman–Crippen LogP) is 3.58. The highest BCUT2D eigenvalue weighted by atomic mass is 35.5. The van der Waals surface area contributed by atoms with E-state index in [1.807, 2.05) is 6.07 Å². The van der Waals surface area contributed by atoms with E-state index < -0.39 is 0 Å². The molecule has 1 aromatic rings. The molecule has 0 saturated heterocycles. The summed E-state index contributed by atoms with van der Waals surface area (Å²) in [6.45, 7) is 4.20. The number of hydrogen-bond acceptors (Lipinski definition) is 1. The van der Waals surface area contributed by atoms with E-state index in [1.54, 1.807) is 6.07 Å². The van der Waals surface area contributed by atoms with Gasteiger partial charge in [-0.3, -0.25) is 0 Å².